The van der Waals surface area contributed by atoms with Gasteiger partial charge in [-0.15, -0.1) is 0 Å². The summed E-state index contributed by atoms with van der Waals surface area (Å²) in [5, 5.41) is 9.98. The van der Waals surface area contributed by atoms with Gasteiger partial charge >= 0.3 is 0 Å². The van der Waals surface area contributed by atoms with Crippen LogP contribution in [-0.4, -0.2) is 20.2 Å². The van der Waals surface area contributed by atoms with Crippen LogP contribution >= 0.6 is 0 Å². The zero-order valence-electron chi connectivity index (χ0n) is 9.44. The highest BCUT2D eigenvalue weighted by Gasteiger charge is 2.07. The number of H-pyrrole nitrogens is 1. The average Bonchev–Trinajstić information content (AvgIpc) is 2.81. The lowest BCUT2D eigenvalue weighted by Crippen LogP contribution is -2.19. The molecule has 0 aliphatic rings. The summed E-state index contributed by atoms with van der Waals surface area (Å²) in [6.07, 6.45) is 3.38. The Kier molecular flexibility index (Phi) is 3.26. The third-order valence-corrected chi connectivity index (χ3v) is 2.41. The third kappa shape index (κ3) is 2.64. The number of rotatable bonds is 4. The smallest absolute Gasteiger partial charge is 0.141 e. The Balaban J connectivity index is 1.90. The molecule has 5 nitrogen and oxygen atoms in total. The molecule has 2 aromatic heterocycles. The molecular formula is C11H15N5. The molecule has 0 aliphatic carbocycles. The second kappa shape index (κ2) is 4.85. The molecule has 1 unspecified atom stereocenters. The fourth-order valence-corrected chi connectivity index (χ4v) is 1.38. The first-order valence-electron chi connectivity index (χ1n) is 5.26. The molecule has 0 radical (unpaired) electrons. The van der Waals surface area contributed by atoms with Crippen molar-refractivity contribution in [3.05, 3.63) is 41.7 Å². The Labute approximate surface area is 94.3 Å². The van der Waals surface area contributed by atoms with Gasteiger partial charge in [-0.25, -0.2) is 4.98 Å². The van der Waals surface area contributed by atoms with Crippen molar-refractivity contribution in [2.75, 3.05) is 0 Å². The number of hydrogen-bond acceptors (Lipinski definition) is 4. The van der Waals surface area contributed by atoms with Gasteiger partial charge in [-0.1, -0.05) is 6.07 Å². The van der Waals surface area contributed by atoms with E-state index in [1.165, 1.54) is 11.9 Å². The van der Waals surface area contributed by atoms with Gasteiger partial charge in [-0.05, 0) is 25.5 Å². The second-order valence-corrected chi connectivity index (χ2v) is 3.80. The molecule has 5 heteroatoms. The van der Waals surface area contributed by atoms with Crippen LogP contribution < -0.4 is 5.32 Å². The van der Waals surface area contributed by atoms with Gasteiger partial charge in [-0.2, -0.15) is 5.10 Å². The van der Waals surface area contributed by atoms with E-state index in [0.717, 1.165) is 18.1 Å². The lowest BCUT2D eigenvalue weighted by molar-refractivity contribution is 0.542. The molecule has 0 aliphatic heterocycles. The van der Waals surface area contributed by atoms with E-state index >= 15 is 0 Å². The maximum Gasteiger partial charge on any atom is 0.141 e. The van der Waals surface area contributed by atoms with E-state index in [2.05, 4.69) is 31.5 Å². The molecule has 0 spiro atoms. The van der Waals surface area contributed by atoms with E-state index in [4.69, 9.17) is 0 Å². The monoisotopic (exact) mass is 217 g/mol. The summed E-state index contributed by atoms with van der Waals surface area (Å²) in [7, 11) is 0. The first kappa shape index (κ1) is 10.8. The molecule has 2 rings (SSSR count). The van der Waals surface area contributed by atoms with Crippen molar-refractivity contribution in [2.45, 2.75) is 26.4 Å². The predicted octanol–water partition coefficient (Wildman–Crippen LogP) is 1.36. The summed E-state index contributed by atoms with van der Waals surface area (Å²) in [5.74, 6) is 0.840. The molecule has 2 aromatic rings. The van der Waals surface area contributed by atoms with Gasteiger partial charge in [0.2, 0.25) is 0 Å². The van der Waals surface area contributed by atoms with Crippen LogP contribution in [0, 0.1) is 6.92 Å². The number of nitrogens with zero attached hydrogens (tertiary/aromatic N) is 3. The number of aryl methyl sites for hydroxylation is 1. The summed E-state index contributed by atoms with van der Waals surface area (Å²) >= 11 is 0. The Morgan fingerprint density at radius 2 is 2.25 bits per heavy atom. The van der Waals surface area contributed by atoms with Crippen LogP contribution in [0.2, 0.25) is 0 Å². The van der Waals surface area contributed by atoms with Gasteiger partial charge in [0.05, 0.1) is 11.7 Å². The number of aromatic amines is 1. The van der Waals surface area contributed by atoms with Gasteiger partial charge < -0.3 is 5.32 Å². The standard InChI is InChI=1S/C11H15N5/c1-8-3-4-10(13-5-8)6-12-9(2)11-14-7-15-16-11/h3-5,7,9,12H,6H2,1-2H3,(H,14,15,16). The zero-order valence-corrected chi connectivity index (χ0v) is 9.44. The maximum absolute atomic E-state index is 4.32. The average molecular weight is 217 g/mol. The SMILES string of the molecule is Cc1ccc(CNC(C)c2ncn[nH]2)nc1. The fourth-order valence-electron chi connectivity index (χ4n) is 1.38. The van der Waals surface area contributed by atoms with E-state index in [1.807, 2.05) is 26.1 Å². The Morgan fingerprint density at radius 1 is 1.38 bits per heavy atom. The lowest BCUT2D eigenvalue weighted by Gasteiger charge is -2.10. The van der Waals surface area contributed by atoms with Gasteiger partial charge in [0.1, 0.15) is 12.2 Å². The van der Waals surface area contributed by atoms with Gasteiger partial charge in [-0.3, -0.25) is 10.1 Å². The van der Waals surface area contributed by atoms with Crippen LogP contribution in [0.5, 0.6) is 0 Å². The van der Waals surface area contributed by atoms with Crippen molar-refractivity contribution in [2.24, 2.45) is 0 Å². The largest absolute Gasteiger partial charge is 0.302 e. The van der Waals surface area contributed by atoms with Crippen molar-refractivity contribution in [3.8, 4) is 0 Å². The van der Waals surface area contributed by atoms with Crippen LogP contribution in [0.15, 0.2) is 24.7 Å². The molecule has 0 fully saturated rings. The van der Waals surface area contributed by atoms with E-state index in [9.17, 15) is 0 Å². The normalized spacial score (nSPS) is 12.6. The zero-order chi connectivity index (χ0) is 11.4. The van der Waals surface area contributed by atoms with Crippen LogP contribution in [0.25, 0.3) is 0 Å². The fraction of sp³-hybridized carbons (Fsp3) is 0.364. The second-order valence-electron chi connectivity index (χ2n) is 3.80. The topological polar surface area (TPSA) is 66.5 Å². The van der Waals surface area contributed by atoms with Crippen LogP contribution in [-0.2, 0) is 6.54 Å². The minimum atomic E-state index is 0.144. The van der Waals surface area contributed by atoms with Crippen molar-refractivity contribution in [1.82, 2.24) is 25.5 Å². The number of aromatic nitrogens is 4. The molecular weight excluding hydrogens is 202 g/mol. The van der Waals surface area contributed by atoms with Crippen LogP contribution in [0.1, 0.15) is 30.0 Å². The summed E-state index contributed by atoms with van der Waals surface area (Å²) < 4.78 is 0. The molecule has 84 valence electrons. The van der Waals surface area contributed by atoms with Crippen molar-refractivity contribution < 1.29 is 0 Å². The molecule has 0 bridgehead atoms. The first-order chi connectivity index (χ1) is 7.75. The molecule has 0 saturated carbocycles. The molecule has 0 amide bonds. The predicted molar refractivity (Wildman–Crippen MR) is 60.6 cm³/mol. The molecule has 16 heavy (non-hydrogen) atoms. The molecule has 2 heterocycles. The van der Waals surface area contributed by atoms with Gasteiger partial charge in [0.25, 0.3) is 0 Å². The molecule has 1 atom stereocenters. The van der Waals surface area contributed by atoms with E-state index < -0.39 is 0 Å². The molecule has 0 saturated heterocycles. The lowest BCUT2D eigenvalue weighted by atomic mass is 10.2. The summed E-state index contributed by atoms with van der Waals surface area (Å²) in [5.41, 5.74) is 2.20. The molecule has 2 N–H and O–H groups in total. The van der Waals surface area contributed by atoms with E-state index in [1.54, 1.807) is 0 Å². The maximum atomic E-state index is 4.32. The van der Waals surface area contributed by atoms with Crippen molar-refractivity contribution in [3.63, 3.8) is 0 Å². The Bertz CT molecular complexity index is 420. The Hall–Kier alpha value is -1.75. The summed E-state index contributed by atoms with van der Waals surface area (Å²) in [4.78, 5) is 8.42. The number of nitrogens with one attached hydrogen (secondary N) is 2. The molecule has 0 aromatic carbocycles. The van der Waals surface area contributed by atoms with E-state index in [-0.39, 0.29) is 6.04 Å². The quantitative estimate of drug-likeness (QED) is 0.811. The van der Waals surface area contributed by atoms with Gasteiger partial charge in [0, 0.05) is 12.7 Å². The van der Waals surface area contributed by atoms with Crippen molar-refractivity contribution >= 4 is 0 Å². The number of pyridine rings is 1. The van der Waals surface area contributed by atoms with Crippen LogP contribution in [0.3, 0.4) is 0 Å². The minimum absolute atomic E-state index is 0.144. The highest BCUT2D eigenvalue weighted by atomic mass is 15.2. The van der Waals surface area contributed by atoms with E-state index in [0.29, 0.717) is 0 Å². The first-order valence-corrected chi connectivity index (χ1v) is 5.26. The third-order valence-electron chi connectivity index (χ3n) is 2.41. The van der Waals surface area contributed by atoms with Gasteiger partial charge in [0.15, 0.2) is 0 Å². The highest BCUT2D eigenvalue weighted by Crippen LogP contribution is 2.05. The summed E-state index contributed by atoms with van der Waals surface area (Å²) in [6, 6.07) is 4.23. The van der Waals surface area contributed by atoms with Crippen molar-refractivity contribution in [1.29, 1.82) is 0 Å². The number of hydrogen-bond donors (Lipinski definition) is 2. The highest BCUT2D eigenvalue weighted by molar-refractivity contribution is 5.12. The minimum Gasteiger partial charge on any atom is -0.302 e. The Morgan fingerprint density at radius 3 is 2.88 bits per heavy atom. The summed E-state index contributed by atoms with van der Waals surface area (Å²) in [6.45, 7) is 4.79. The van der Waals surface area contributed by atoms with Crippen LogP contribution in [0.4, 0.5) is 0 Å².